The van der Waals surface area contributed by atoms with E-state index in [1.54, 1.807) is 36.4 Å². The minimum absolute atomic E-state index is 0.0398. The van der Waals surface area contributed by atoms with Crippen molar-refractivity contribution in [2.75, 3.05) is 10.6 Å². The van der Waals surface area contributed by atoms with Gasteiger partial charge >= 0.3 is 0 Å². The van der Waals surface area contributed by atoms with Crippen molar-refractivity contribution in [3.8, 4) is 0 Å². The lowest BCUT2D eigenvalue weighted by Crippen LogP contribution is -2.31. The van der Waals surface area contributed by atoms with Gasteiger partial charge in [-0.15, -0.1) is 0 Å². The summed E-state index contributed by atoms with van der Waals surface area (Å²) >= 11 is 0. The van der Waals surface area contributed by atoms with E-state index >= 15 is 0 Å². The third-order valence-electron chi connectivity index (χ3n) is 4.60. The van der Waals surface area contributed by atoms with Crippen molar-refractivity contribution in [1.82, 2.24) is 4.90 Å². The Bertz CT molecular complexity index is 1120. The zero-order valence-electron chi connectivity index (χ0n) is 16.2. The molecule has 0 atom stereocenters. The fraction of sp³-hybridized carbons (Fsp3) is 0.0870. The molecule has 1 aliphatic rings. The second-order valence-corrected chi connectivity index (χ2v) is 6.78. The van der Waals surface area contributed by atoms with Crippen molar-refractivity contribution in [3.05, 3.63) is 90.0 Å². The maximum absolute atomic E-state index is 13.2. The second kappa shape index (κ2) is 8.08. The first-order valence-corrected chi connectivity index (χ1v) is 9.36. The van der Waals surface area contributed by atoms with E-state index in [1.165, 1.54) is 13.2 Å². The normalized spacial score (nSPS) is 13.7. The molecule has 0 saturated carbocycles. The Labute approximate surface area is 173 Å². The molecule has 0 bridgehead atoms. The lowest BCUT2D eigenvalue weighted by Gasteiger charge is -2.13. The molecule has 0 unspecified atom stereocenters. The van der Waals surface area contributed by atoms with Crippen LogP contribution >= 0.6 is 0 Å². The zero-order valence-corrected chi connectivity index (χ0v) is 16.2. The van der Waals surface area contributed by atoms with Gasteiger partial charge in [-0.3, -0.25) is 19.3 Å². The summed E-state index contributed by atoms with van der Waals surface area (Å²) in [6, 6.07) is 19.4. The lowest BCUT2D eigenvalue weighted by atomic mass is 10.0. The topological polar surface area (TPSA) is 91.7 Å². The van der Waals surface area contributed by atoms with Crippen LogP contribution in [0.2, 0.25) is 0 Å². The Balaban J connectivity index is 1.71. The van der Waals surface area contributed by atoms with Crippen molar-refractivity contribution >= 4 is 34.7 Å². The molecule has 0 aliphatic carbocycles. The van der Waals surface area contributed by atoms with Gasteiger partial charge in [0, 0.05) is 18.3 Å². The van der Waals surface area contributed by atoms with E-state index in [0.29, 0.717) is 22.7 Å². The van der Waals surface area contributed by atoms with Crippen molar-refractivity contribution in [2.24, 2.45) is 0 Å². The van der Waals surface area contributed by atoms with Crippen LogP contribution in [0.4, 0.5) is 11.4 Å². The molecule has 3 aromatic rings. The monoisotopic (exact) mass is 401 g/mol. The van der Waals surface area contributed by atoms with Gasteiger partial charge in [0.2, 0.25) is 5.91 Å². The number of amides is 3. The molecule has 1 aromatic heterocycles. The molecule has 30 heavy (non-hydrogen) atoms. The van der Waals surface area contributed by atoms with Gasteiger partial charge in [-0.1, -0.05) is 30.3 Å². The van der Waals surface area contributed by atoms with Gasteiger partial charge < -0.3 is 15.1 Å². The minimum Gasteiger partial charge on any atom is -0.467 e. The summed E-state index contributed by atoms with van der Waals surface area (Å²) in [5.41, 5.74) is 2.34. The minimum atomic E-state index is -0.429. The van der Waals surface area contributed by atoms with E-state index in [0.717, 1.165) is 4.90 Å². The quantitative estimate of drug-likeness (QED) is 0.616. The number of carbonyl (C=O) groups is 3. The summed E-state index contributed by atoms with van der Waals surface area (Å²) in [5, 5.41) is 5.78. The fourth-order valence-corrected chi connectivity index (χ4v) is 3.25. The molecule has 2 N–H and O–H groups in total. The molecule has 7 nitrogen and oxygen atoms in total. The molecule has 1 aliphatic heterocycles. The van der Waals surface area contributed by atoms with Crippen LogP contribution in [0.15, 0.2) is 83.1 Å². The largest absolute Gasteiger partial charge is 0.467 e. The summed E-state index contributed by atoms with van der Waals surface area (Å²) in [6.45, 7) is 1.46. The van der Waals surface area contributed by atoms with Gasteiger partial charge in [0.25, 0.3) is 11.8 Å². The van der Waals surface area contributed by atoms with E-state index < -0.39 is 11.8 Å². The summed E-state index contributed by atoms with van der Waals surface area (Å²) < 4.78 is 5.31. The molecular formula is C23H19N3O4. The first-order valence-electron chi connectivity index (χ1n) is 9.36. The molecule has 0 radical (unpaired) electrons. The smallest absolute Gasteiger partial charge is 0.278 e. The van der Waals surface area contributed by atoms with Crippen molar-refractivity contribution in [3.63, 3.8) is 0 Å². The van der Waals surface area contributed by atoms with Gasteiger partial charge in [0.15, 0.2) is 0 Å². The molecule has 3 amide bonds. The summed E-state index contributed by atoms with van der Waals surface area (Å²) in [6.07, 6.45) is 1.50. The van der Waals surface area contributed by atoms with Crippen LogP contribution in [0, 0.1) is 0 Å². The van der Waals surface area contributed by atoms with E-state index in [-0.39, 0.29) is 23.7 Å². The number of anilines is 2. The van der Waals surface area contributed by atoms with Crippen LogP contribution in [0.1, 0.15) is 18.2 Å². The fourth-order valence-electron chi connectivity index (χ4n) is 3.25. The zero-order chi connectivity index (χ0) is 21.1. The second-order valence-electron chi connectivity index (χ2n) is 6.78. The highest BCUT2D eigenvalue weighted by molar-refractivity contribution is 6.36. The summed E-state index contributed by atoms with van der Waals surface area (Å²) in [7, 11) is 0. The van der Waals surface area contributed by atoms with Crippen LogP contribution in [0.3, 0.4) is 0 Å². The predicted octanol–water partition coefficient (Wildman–Crippen LogP) is 3.63. The number of nitrogens with one attached hydrogen (secondary N) is 2. The van der Waals surface area contributed by atoms with Crippen molar-refractivity contribution in [2.45, 2.75) is 13.5 Å². The SMILES string of the molecule is CC(=O)Nc1ccc(C2=C(Nc3ccccc3)C(=O)N(Cc3ccco3)C2=O)cc1. The Hall–Kier alpha value is -4.13. The third kappa shape index (κ3) is 3.86. The van der Waals surface area contributed by atoms with Gasteiger partial charge in [-0.2, -0.15) is 0 Å². The van der Waals surface area contributed by atoms with Crippen LogP contribution in [0.25, 0.3) is 5.57 Å². The maximum Gasteiger partial charge on any atom is 0.278 e. The van der Waals surface area contributed by atoms with Crippen molar-refractivity contribution < 1.29 is 18.8 Å². The van der Waals surface area contributed by atoms with Gasteiger partial charge in [-0.05, 0) is 42.0 Å². The maximum atomic E-state index is 13.2. The Morgan fingerprint density at radius 3 is 2.27 bits per heavy atom. The average Bonchev–Trinajstić information content (AvgIpc) is 3.32. The van der Waals surface area contributed by atoms with E-state index in [1.807, 2.05) is 30.3 Å². The highest BCUT2D eigenvalue weighted by atomic mass is 16.3. The molecule has 0 fully saturated rings. The molecule has 0 saturated heterocycles. The standard InChI is InChI=1S/C23H19N3O4/c1-15(27)24-18-11-9-16(10-12-18)20-21(25-17-6-3-2-4-7-17)23(29)26(22(20)28)14-19-8-5-13-30-19/h2-13,25H,14H2,1H3,(H,24,27). The lowest BCUT2D eigenvalue weighted by molar-refractivity contribution is -0.137. The van der Waals surface area contributed by atoms with E-state index in [2.05, 4.69) is 10.6 Å². The number of furan rings is 1. The summed E-state index contributed by atoms with van der Waals surface area (Å²) in [4.78, 5) is 38.7. The van der Waals surface area contributed by atoms with Crippen molar-refractivity contribution in [1.29, 1.82) is 0 Å². The number of para-hydroxylation sites is 1. The van der Waals surface area contributed by atoms with Crippen LogP contribution in [0.5, 0.6) is 0 Å². The number of nitrogens with zero attached hydrogens (tertiary/aromatic N) is 1. The van der Waals surface area contributed by atoms with Crippen LogP contribution in [-0.2, 0) is 20.9 Å². The number of imide groups is 1. The van der Waals surface area contributed by atoms with E-state index in [9.17, 15) is 14.4 Å². The van der Waals surface area contributed by atoms with Gasteiger partial charge in [0.05, 0.1) is 18.4 Å². The highest BCUT2D eigenvalue weighted by Gasteiger charge is 2.39. The molecule has 0 spiro atoms. The predicted molar refractivity (Wildman–Crippen MR) is 112 cm³/mol. The number of hydrogen-bond donors (Lipinski definition) is 2. The van der Waals surface area contributed by atoms with E-state index in [4.69, 9.17) is 4.42 Å². The molecule has 4 rings (SSSR count). The molecule has 7 heteroatoms. The summed E-state index contributed by atoms with van der Waals surface area (Å²) in [5.74, 6) is -0.522. The Morgan fingerprint density at radius 2 is 1.63 bits per heavy atom. The Kier molecular flexibility index (Phi) is 5.17. The number of benzene rings is 2. The molecule has 150 valence electrons. The average molecular weight is 401 g/mol. The number of carbonyl (C=O) groups excluding carboxylic acids is 3. The van der Waals surface area contributed by atoms with Gasteiger partial charge in [0.1, 0.15) is 11.5 Å². The first-order chi connectivity index (χ1) is 14.5. The van der Waals surface area contributed by atoms with Crippen LogP contribution in [-0.4, -0.2) is 22.6 Å². The Morgan fingerprint density at radius 1 is 0.900 bits per heavy atom. The molecule has 2 aromatic carbocycles. The molecule has 2 heterocycles. The van der Waals surface area contributed by atoms with Crippen LogP contribution < -0.4 is 10.6 Å². The van der Waals surface area contributed by atoms with Gasteiger partial charge in [-0.25, -0.2) is 0 Å². The molecular weight excluding hydrogens is 382 g/mol. The number of rotatable bonds is 6. The highest BCUT2D eigenvalue weighted by Crippen LogP contribution is 2.32. The first kappa shape index (κ1) is 19.2. The third-order valence-corrected chi connectivity index (χ3v) is 4.60. The number of hydrogen-bond acceptors (Lipinski definition) is 5.